The summed E-state index contributed by atoms with van der Waals surface area (Å²) >= 11 is 0. The molecule has 140 valence electrons. The van der Waals surface area contributed by atoms with E-state index in [1.54, 1.807) is 24.3 Å². The van der Waals surface area contributed by atoms with Gasteiger partial charge in [0, 0.05) is 5.56 Å². The van der Waals surface area contributed by atoms with E-state index in [9.17, 15) is 14.4 Å². The topological polar surface area (TPSA) is 105 Å². The Balaban J connectivity index is 1.36. The van der Waals surface area contributed by atoms with Crippen LogP contribution >= 0.6 is 0 Å². The number of nitrogens with one attached hydrogen (secondary N) is 1. The van der Waals surface area contributed by atoms with Gasteiger partial charge < -0.3 is 9.73 Å². The number of nitrogens with zero attached hydrogens (tertiary/aromatic N) is 3. The molecule has 0 bridgehead atoms. The van der Waals surface area contributed by atoms with E-state index in [0.717, 1.165) is 16.0 Å². The first-order valence-electron chi connectivity index (χ1n) is 8.64. The van der Waals surface area contributed by atoms with E-state index < -0.39 is 17.7 Å². The van der Waals surface area contributed by atoms with Crippen LogP contribution in [0, 0.1) is 6.92 Å². The van der Waals surface area contributed by atoms with E-state index in [-0.39, 0.29) is 19.0 Å². The monoisotopic (exact) mass is 376 g/mol. The smallest absolute Gasteiger partial charge is 0.262 e. The van der Waals surface area contributed by atoms with Crippen LogP contribution in [0.5, 0.6) is 0 Å². The second-order valence-corrected chi connectivity index (χ2v) is 6.39. The molecule has 1 N–H and O–H groups in total. The number of aryl methyl sites for hydroxylation is 1. The van der Waals surface area contributed by atoms with Gasteiger partial charge in [-0.25, -0.2) is 0 Å². The molecule has 1 aliphatic heterocycles. The number of hydrogen-bond acceptors (Lipinski definition) is 6. The third-order valence-corrected chi connectivity index (χ3v) is 4.38. The summed E-state index contributed by atoms with van der Waals surface area (Å²) in [6.07, 6.45) is 0. The molecule has 28 heavy (non-hydrogen) atoms. The SMILES string of the molecule is Cc1ccc(-c2nnc(CNC(=O)CN3C(=O)c4ccccc4C3=O)o2)cc1. The minimum Gasteiger partial charge on any atom is -0.419 e. The van der Waals surface area contributed by atoms with E-state index in [1.165, 1.54) is 0 Å². The summed E-state index contributed by atoms with van der Waals surface area (Å²) in [6.45, 7) is 1.61. The first kappa shape index (κ1) is 17.6. The number of carbonyl (C=O) groups is 3. The minimum absolute atomic E-state index is 0.000857. The fourth-order valence-electron chi connectivity index (χ4n) is 2.89. The molecule has 0 aliphatic carbocycles. The van der Waals surface area contributed by atoms with Crippen molar-refractivity contribution in [2.75, 3.05) is 6.54 Å². The maximum Gasteiger partial charge on any atom is 0.262 e. The van der Waals surface area contributed by atoms with Crippen molar-refractivity contribution in [2.45, 2.75) is 13.5 Å². The van der Waals surface area contributed by atoms with Gasteiger partial charge in [-0.15, -0.1) is 10.2 Å². The number of rotatable bonds is 5. The molecule has 0 unspecified atom stereocenters. The van der Waals surface area contributed by atoms with Crippen molar-refractivity contribution >= 4 is 17.7 Å². The second kappa shape index (κ2) is 7.07. The maximum absolute atomic E-state index is 12.3. The van der Waals surface area contributed by atoms with Crippen LogP contribution in [0.15, 0.2) is 52.9 Å². The van der Waals surface area contributed by atoms with Gasteiger partial charge in [-0.05, 0) is 31.2 Å². The van der Waals surface area contributed by atoms with E-state index >= 15 is 0 Å². The van der Waals surface area contributed by atoms with Crippen molar-refractivity contribution in [3.8, 4) is 11.5 Å². The Kier molecular flexibility index (Phi) is 4.44. The van der Waals surface area contributed by atoms with Crippen molar-refractivity contribution in [1.29, 1.82) is 0 Å². The van der Waals surface area contributed by atoms with E-state index in [0.29, 0.717) is 17.0 Å². The largest absolute Gasteiger partial charge is 0.419 e. The zero-order valence-corrected chi connectivity index (χ0v) is 15.0. The Morgan fingerprint density at radius 1 is 1.00 bits per heavy atom. The number of aromatic nitrogens is 2. The first-order valence-corrected chi connectivity index (χ1v) is 8.64. The third-order valence-electron chi connectivity index (χ3n) is 4.38. The van der Waals surface area contributed by atoms with Crippen LogP contribution < -0.4 is 5.32 Å². The molecule has 2 heterocycles. The van der Waals surface area contributed by atoms with Gasteiger partial charge in [0.2, 0.25) is 17.7 Å². The summed E-state index contributed by atoms with van der Waals surface area (Å²) in [5, 5.41) is 10.5. The highest BCUT2D eigenvalue weighted by molar-refractivity contribution is 6.22. The molecule has 3 aromatic rings. The van der Waals surface area contributed by atoms with Gasteiger partial charge in [0.25, 0.3) is 11.8 Å². The normalized spacial score (nSPS) is 13.0. The molecule has 8 nitrogen and oxygen atoms in total. The molecule has 0 fully saturated rings. The van der Waals surface area contributed by atoms with Crippen LogP contribution in [0.4, 0.5) is 0 Å². The van der Waals surface area contributed by atoms with Crippen molar-refractivity contribution in [1.82, 2.24) is 20.4 Å². The Bertz CT molecular complexity index is 1040. The lowest BCUT2D eigenvalue weighted by molar-refractivity contribution is -0.121. The van der Waals surface area contributed by atoms with Crippen molar-refractivity contribution in [3.63, 3.8) is 0 Å². The number of fused-ring (bicyclic) bond motifs is 1. The zero-order chi connectivity index (χ0) is 19.7. The van der Waals surface area contributed by atoms with Gasteiger partial charge in [0.05, 0.1) is 17.7 Å². The zero-order valence-electron chi connectivity index (χ0n) is 15.0. The summed E-state index contributed by atoms with van der Waals surface area (Å²) in [4.78, 5) is 37.7. The second-order valence-electron chi connectivity index (χ2n) is 6.39. The number of imide groups is 1. The quantitative estimate of drug-likeness (QED) is 0.683. The van der Waals surface area contributed by atoms with Gasteiger partial charge in [0.1, 0.15) is 6.54 Å². The molecule has 4 rings (SSSR count). The van der Waals surface area contributed by atoms with Gasteiger partial charge in [-0.1, -0.05) is 29.8 Å². The molecule has 8 heteroatoms. The Hall–Kier alpha value is -3.81. The van der Waals surface area contributed by atoms with E-state index in [2.05, 4.69) is 15.5 Å². The lowest BCUT2D eigenvalue weighted by atomic mass is 10.1. The lowest BCUT2D eigenvalue weighted by Crippen LogP contribution is -2.40. The summed E-state index contributed by atoms with van der Waals surface area (Å²) in [5.74, 6) is -0.870. The molecular formula is C20H16N4O4. The average Bonchev–Trinajstić information content (AvgIpc) is 3.27. The first-order chi connectivity index (χ1) is 13.5. The van der Waals surface area contributed by atoms with Gasteiger partial charge >= 0.3 is 0 Å². The molecule has 2 aromatic carbocycles. The third kappa shape index (κ3) is 3.27. The molecule has 0 radical (unpaired) electrons. The van der Waals surface area contributed by atoms with Crippen molar-refractivity contribution in [2.24, 2.45) is 0 Å². The summed E-state index contributed by atoms with van der Waals surface area (Å²) in [5.41, 5.74) is 2.51. The fraction of sp³-hybridized carbons (Fsp3) is 0.150. The van der Waals surface area contributed by atoms with Crippen molar-refractivity contribution < 1.29 is 18.8 Å². The van der Waals surface area contributed by atoms with Crippen LogP contribution in [-0.4, -0.2) is 39.4 Å². The van der Waals surface area contributed by atoms with E-state index in [1.807, 2.05) is 31.2 Å². The van der Waals surface area contributed by atoms with Crippen LogP contribution in [-0.2, 0) is 11.3 Å². The van der Waals surface area contributed by atoms with Crippen LogP contribution in [0.3, 0.4) is 0 Å². The molecule has 3 amide bonds. The Morgan fingerprint density at radius 3 is 2.29 bits per heavy atom. The highest BCUT2D eigenvalue weighted by Crippen LogP contribution is 2.22. The average molecular weight is 376 g/mol. The summed E-state index contributed by atoms with van der Waals surface area (Å²) in [7, 11) is 0. The Labute approximate surface area is 160 Å². The molecule has 0 saturated heterocycles. The highest BCUT2D eigenvalue weighted by Gasteiger charge is 2.36. The number of carbonyl (C=O) groups excluding carboxylic acids is 3. The standard InChI is InChI=1S/C20H16N4O4/c1-12-6-8-13(9-7-12)18-23-22-17(28-18)10-21-16(25)11-24-19(26)14-4-2-3-5-15(14)20(24)27/h2-9H,10-11H2,1H3,(H,21,25). The lowest BCUT2D eigenvalue weighted by Gasteiger charge is -2.12. The molecule has 1 aromatic heterocycles. The summed E-state index contributed by atoms with van der Waals surface area (Å²) < 4.78 is 5.54. The van der Waals surface area contributed by atoms with Crippen LogP contribution in [0.1, 0.15) is 32.2 Å². The fourth-order valence-corrected chi connectivity index (χ4v) is 2.89. The molecule has 0 spiro atoms. The van der Waals surface area contributed by atoms with Crippen molar-refractivity contribution in [3.05, 3.63) is 71.1 Å². The Morgan fingerprint density at radius 2 is 1.64 bits per heavy atom. The van der Waals surface area contributed by atoms with Crippen LogP contribution in [0.25, 0.3) is 11.5 Å². The number of benzene rings is 2. The number of amides is 3. The summed E-state index contributed by atoms with van der Waals surface area (Å²) in [6, 6.07) is 14.1. The molecule has 0 atom stereocenters. The van der Waals surface area contributed by atoms with Gasteiger partial charge in [0.15, 0.2) is 0 Å². The maximum atomic E-state index is 12.3. The molecular weight excluding hydrogens is 360 g/mol. The predicted molar refractivity (Wildman–Crippen MR) is 98.1 cm³/mol. The molecule has 0 saturated carbocycles. The highest BCUT2D eigenvalue weighted by atomic mass is 16.4. The van der Waals surface area contributed by atoms with Gasteiger partial charge in [-0.2, -0.15) is 0 Å². The molecule has 1 aliphatic rings. The number of hydrogen-bond donors (Lipinski definition) is 1. The van der Waals surface area contributed by atoms with Gasteiger partial charge in [-0.3, -0.25) is 19.3 Å². The van der Waals surface area contributed by atoms with E-state index in [4.69, 9.17) is 4.42 Å². The van der Waals surface area contributed by atoms with Crippen LogP contribution in [0.2, 0.25) is 0 Å². The predicted octanol–water partition coefficient (Wildman–Crippen LogP) is 1.96. The minimum atomic E-state index is -0.496.